The van der Waals surface area contributed by atoms with Crippen molar-refractivity contribution in [3.63, 3.8) is 0 Å². The number of methoxy groups -OCH3 is 1. The van der Waals surface area contributed by atoms with Gasteiger partial charge in [0.2, 0.25) is 5.91 Å². The van der Waals surface area contributed by atoms with Gasteiger partial charge in [0.1, 0.15) is 5.75 Å². The molecule has 3 aromatic rings. The predicted octanol–water partition coefficient (Wildman–Crippen LogP) is 6.61. The van der Waals surface area contributed by atoms with Crippen molar-refractivity contribution in [1.82, 2.24) is 9.80 Å². The van der Waals surface area contributed by atoms with Crippen LogP contribution in [-0.4, -0.2) is 61.1 Å². The summed E-state index contributed by atoms with van der Waals surface area (Å²) in [6.07, 6.45) is 5.07. The first-order valence-electron chi connectivity index (χ1n) is 16.1. The summed E-state index contributed by atoms with van der Waals surface area (Å²) < 4.78 is 5.40. The minimum atomic E-state index is -0.366. The summed E-state index contributed by atoms with van der Waals surface area (Å²) in [5, 5.41) is 0. The Morgan fingerprint density at radius 3 is 2.26 bits per heavy atom. The molecule has 6 nitrogen and oxygen atoms in total. The van der Waals surface area contributed by atoms with Crippen LogP contribution in [0, 0.1) is 5.41 Å². The molecule has 1 spiro atoms. The number of benzene rings is 3. The number of nitrogens with zero attached hydrogens (tertiary/aromatic N) is 3. The second kappa shape index (κ2) is 12.3. The van der Waals surface area contributed by atoms with Gasteiger partial charge in [-0.3, -0.25) is 14.6 Å². The molecular weight excluding hydrogens is 532 g/mol. The van der Waals surface area contributed by atoms with Crippen molar-refractivity contribution >= 4 is 11.6 Å². The number of ether oxygens (including phenoxy) is 1. The lowest BCUT2D eigenvalue weighted by Gasteiger charge is -2.59. The predicted molar refractivity (Wildman–Crippen MR) is 175 cm³/mol. The van der Waals surface area contributed by atoms with E-state index < -0.39 is 0 Å². The second-order valence-corrected chi connectivity index (χ2v) is 13.6. The van der Waals surface area contributed by atoms with Crippen molar-refractivity contribution in [1.29, 1.82) is 0 Å². The number of carbonyl (C=O) groups excluding carboxylic acids is 1. The largest absolute Gasteiger partial charge is 0.497 e. The van der Waals surface area contributed by atoms with Gasteiger partial charge in [-0.05, 0) is 97.0 Å². The van der Waals surface area contributed by atoms with E-state index in [1.807, 2.05) is 24.3 Å². The first kappa shape index (κ1) is 29.7. The molecule has 1 amide bonds. The first-order valence-corrected chi connectivity index (χ1v) is 16.1. The van der Waals surface area contributed by atoms with E-state index >= 15 is 0 Å². The number of primary amides is 1. The molecule has 3 aliphatic rings. The Morgan fingerprint density at radius 2 is 1.63 bits per heavy atom. The molecule has 0 bridgehead atoms. The van der Waals surface area contributed by atoms with Crippen LogP contribution in [0.4, 0.5) is 5.69 Å². The SMILES string of the molecule is COc1ccc(CN2C[C@@H](c3ccccc3C(C)C)N(C3CC4(CCN(c5ccc(C(N)=O)cc5)CC4)C3)C[C@H]2C)cc1. The highest BCUT2D eigenvalue weighted by Gasteiger charge is 2.50. The molecule has 0 aromatic heterocycles. The highest BCUT2D eigenvalue weighted by Crippen LogP contribution is 2.53. The van der Waals surface area contributed by atoms with E-state index in [0.717, 1.165) is 38.5 Å². The molecule has 228 valence electrons. The first-order chi connectivity index (χ1) is 20.7. The third kappa shape index (κ3) is 6.18. The summed E-state index contributed by atoms with van der Waals surface area (Å²) in [7, 11) is 1.73. The van der Waals surface area contributed by atoms with E-state index in [1.54, 1.807) is 7.11 Å². The summed E-state index contributed by atoms with van der Waals surface area (Å²) in [5.41, 5.74) is 12.0. The summed E-state index contributed by atoms with van der Waals surface area (Å²) in [5.74, 6) is 1.05. The van der Waals surface area contributed by atoms with Crippen molar-refractivity contribution < 1.29 is 9.53 Å². The lowest BCUT2D eigenvalue weighted by Crippen LogP contribution is -2.61. The highest BCUT2D eigenvalue weighted by molar-refractivity contribution is 5.93. The van der Waals surface area contributed by atoms with E-state index in [1.165, 1.54) is 48.1 Å². The van der Waals surface area contributed by atoms with Crippen LogP contribution in [0.3, 0.4) is 0 Å². The maximum atomic E-state index is 11.5. The molecule has 3 aromatic carbocycles. The van der Waals surface area contributed by atoms with Crippen LogP contribution >= 0.6 is 0 Å². The van der Waals surface area contributed by atoms with E-state index in [9.17, 15) is 4.79 Å². The Labute approximate surface area is 257 Å². The third-order valence-corrected chi connectivity index (χ3v) is 10.6. The van der Waals surface area contributed by atoms with Crippen LogP contribution in [0.1, 0.15) is 85.5 Å². The fraction of sp³-hybridized carbons (Fsp3) is 0.486. The Kier molecular flexibility index (Phi) is 8.52. The maximum absolute atomic E-state index is 11.5. The van der Waals surface area contributed by atoms with Gasteiger partial charge in [0.15, 0.2) is 0 Å². The number of anilines is 1. The summed E-state index contributed by atoms with van der Waals surface area (Å²) in [6.45, 7) is 12.3. The third-order valence-electron chi connectivity index (χ3n) is 10.6. The molecule has 2 aliphatic heterocycles. The topological polar surface area (TPSA) is 62.0 Å². The molecule has 43 heavy (non-hydrogen) atoms. The van der Waals surface area contributed by atoms with Gasteiger partial charge in [-0.15, -0.1) is 0 Å². The number of rotatable bonds is 8. The number of piperidine rings is 1. The van der Waals surface area contributed by atoms with Crippen molar-refractivity contribution in [2.75, 3.05) is 38.2 Å². The average Bonchev–Trinajstić information content (AvgIpc) is 3.01. The summed E-state index contributed by atoms with van der Waals surface area (Å²) in [6, 6.07) is 27.1. The smallest absolute Gasteiger partial charge is 0.248 e. The van der Waals surface area contributed by atoms with Gasteiger partial charge < -0.3 is 15.4 Å². The van der Waals surface area contributed by atoms with Crippen LogP contribution in [0.15, 0.2) is 72.8 Å². The molecule has 6 rings (SSSR count). The summed E-state index contributed by atoms with van der Waals surface area (Å²) in [4.78, 5) is 19.5. The highest BCUT2D eigenvalue weighted by atomic mass is 16.5. The van der Waals surface area contributed by atoms with Crippen LogP contribution in [0.25, 0.3) is 0 Å². The van der Waals surface area contributed by atoms with Crippen molar-refractivity contribution in [3.05, 3.63) is 95.1 Å². The van der Waals surface area contributed by atoms with Crippen LogP contribution < -0.4 is 15.4 Å². The van der Waals surface area contributed by atoms with E-state index in [0.29, 0.717) is 35.0 Å². The maximum Gasteiger partial charge on any atom is 0.248 e. The van der Waals surface area contributed by atoms with Crippen molar-refractivity contribution in [3.8, 4) is 5.75 Å². The molecule has 2 atom stereocenters. The molecule has 1 aliphatic carbocycles. The average molecular weight is 581 g/mol. The standard InChI is InChI=1S/C37H48N4O2/c1-26(2)33-7-5-6-8-34(33)35-25-40(24-28-9-15-32(43-4)16-10-28)27(3)23-41(35)31-21-37(22-31)17-19-39(20-18-37)30-13-11-29(12-14-30)36(38)42/h5-16,26-27,31,35H,17-25H2,1-4H3,(H2,38,42)/t27-,35+/m1/s1. The molecule has 6 heteroatoms. The molecule has 2 saturated heterocycles. The molecule has 2 N–H and O–H groups in total. The zero-order valence-electron chi connectivity index (χ0n) is 26.3. The van der Waals surface area contributed by atoms with E-state index in [4.69, 9.17) is 10.5 Å². The van der Waals surface area contributed by atoms with Gasteiger partial charge in [-0.2, -0.15) is 0 Å². The van der Waals surface area contributed by atoms with Crippen LogP contribution in [0.5, 0.6) is 5.75 Å². The molecule has 2 heterocycles. The van der Waals surface area contributed by atoms with Gasteiger partial charge >= 0.3 is 0 Å². The Morgan fingerprint density at radius 1 is 0.953 bits per heavy atom. The fourth-order valence-corrected chi connectivity index (χ4v) is 7.92. The number of hydrogen-bond acceptors (Lipinski definition) is 5. The van der Waals surface area contributed by atoms with Gasteiger partial charge in [0, 0.05) is 62.1 Å². The zero-order valence-corrected chi connectivity index (χ0v) is 26.3. The zero-order chi connectivity index (χ0) is 30.1. The number of carbonyl (C=O) groups is 1. The number of nitrogens with two attached hydrogens (primary N) is 1. The number of hydrogen-bond donors (Lipinski definition) is 1. The lowest BCUT2D eigenvalue weighted by atomic mass is 9.59. The second-order valence-electron chi connectivity index (χ2n) is 13.6. The quantitative estimate of drug-likeness (QED) is 0.325. The molecule has 0 radical (unpaired) electrons. The van der Waals surface area contributed by atoms with E-state index in [2.05, 4.69) is 84.0 Å². The summed E-state index contributed by atoms with van der Waals surface area (Å²) >= 11 is 0. The molecule has 0 unspecified atom stereocenters. The van der Waals surface area contributed by atoms with E-state index in [-0.39, 0.29) is 5.91 Å². The monoisotopic (exact) mass is 580 g/mol. The normalized spacial score (nSPS) is 23.0. The van der Waals surface area contributed by atoms with Crippen LogP contribution in [0.2, 0.25) is 0 Å². The Hall–Kier alpha value is -3.35. The number of amides is 1. The van der Waals surface area contributed by atoms with Crippen molar-refractivity contribution in [2.24, 2.45) is 11.1 Å². The van der Waals surface area contributed by atoms with Crippen LogP contribution in [-0.2, 0) is 6.54 Å². The van der Waals surface area contributed by atoms with Gasteiger partial charge in [-0.1, -0.05) is 50.2 Å². The molecule has 1 saturated carbocycles. The minimum Gasteiger partial charge on any atom is -0.497 e. The lowest BCUT2D eigenvalue weighted by molar-refractivity contribution is -0.0766. The van der Waals surface area contributed by atoms with Crippen molar-refractivity contribution in [2.45, 2.75) is 77.0 Å². The molecular formula is C37H48N4O2. The molecule has 3 fully saturated rings. The fourth-order valence-electron chi connectivity index (χ4n) is 7.92. The van der Waals surface area contributed by atoms with Gasteiger partial charge in [0.05, 0.1) is 7.11 Å². The van der Waals surface area contributed by atoms with Gasteiger partial charge in [-0.25, -0.2) is 0 Å². The Balaban J connectivity index is 1.16. The minimum absolute atomic E-state index is 0.366. The Bertz CT molecular complexity index is 1390. The van der Waals surface area contributed by atoms with Gasteiger partial charge in [0.25, 0.3) is 0 Å². The number of piperazine rings is 1.